The molecule has 0 saturated carbocycles. The Morgan fingerprint density at radius 3 is 2.66 bits per heavy atom. The Balaban J connectivity index is 2.31. The van der Waals surface area contributed by atoms with Gasteiger partial charge in [0.25, 0.3) is 0 Å². The highest BCUT2D eigenvalue weighted by Gasteiger charge is 2.25. The van der Waals surface area contributed by atoms with Crippen LogP contribution in [0, 0.1) is 0 Å². The highest BCUT2D eigenvalue weighted by molar-refractivity contribution is 6.33. The van der Waals surface area contributed by atoms with Crippen molar-refractivity contribution in [3.05, 3.63) is 47.1 Å². The van der Waals surface area contributed by atoms with Crippen molar-refractivity contribution in [1.82, 2.24) is 9.97 Å². The van der Waals surface area contributed by atoms with Gasteiger partial charge < -0.3 is 14.8 Å². The Hall–Kier alpha value is -2.86. The Labute approximate surface area is 175 Å². The Morgan fingerprint density at radius 1 is 1.24 bits per heavy atom. The molecule has 0 unspecified atom stereocenters. The van der Waals surface area contributed by atoms with Gasteiger partial charge in [0.1, 0.15) is 11.3 Å². The van der Waals surface area contributed by atoms with Crippen molar-refractivity contribution in [1.29, 1.82) is 0 Å². The molecule has 152 valence electrons. The lowest BCUT2D eigenvalue weighted by atomic mass is 9.98. The molecule has 1 N–H and O–H groups in total. The maximum atomic E-state index is 13.0. The molecule has 6 nitrogen and oxygen atoms in total. The number of carbonyl (C=O) groups excluding carboxylic acids is 1. The fourth-order valence-electron chi connectivity index (χ4n) is 3.04. The molecular weight excluding hydrogens is 390 g/mol. The molecule has 29 heavy (non-hydrogen) atoms. The summed E-state index contributed by atoms with van der Waals surface area (Å²) in [5.41, 5.74) is 2.17. The first kappa shape index (κ1) is 20.9. The first-order valence-corrected chi connectivity index (χ1v) is 9.90. The predicted octanol–water partition coefficient (Wildman–Crippen LogP) is 5.35. The fourth-order valence-corrected chi connectivity index (χ4v) is 3.27. The maximum absolute atomic E-state index is 13.0. The van der Waals surface area contributed by atoms with Gasteiger partial charge in [-0.15, -0.1) is 0 Å². The molecule has 0 bridgehead atoms. The summed E-state index contributed by atoms with van der Waals surface area (Å²) in [7, 11) is 1.52. The number of nitrogens with zero attached hydrogens (tertiary/aromatic N) is 2. The Morgan fingerprint density at radius 2 is 2.00 bits per heavy atom. The first-order chi connectivity index (χ1) is 14.0. The number of anilines is 1. The second-order valence-corrected chi connectivity index (χ2v) is 7.29. The van der Waals surface area contributed by atoms with Gasteiger partial charge in [0.2, 0.25) is 5.95 Å². The van der Waals surface area contributed by atoms with E-state index < -0.39 is 5.97 Å². The van der Waals surface area contributed by atoms with E-state index in [0.29, 0.717) is 46.2 Å². The van der Waals surface area contributed by atoms with Crippen LogP contribution in [-0.4, -0.2) is 35.7 Å². The number of nitrogens with one attached hydrogen (secondary N) is 1. The van der Waals surface area contributed by atoms with E-state index in [-0.39, 0.29) is 11.6 Å². The molecule has 0 spiro atoms. The Bertz CT molecular complexity index is 1040. The van der Waals surface area contributed by atoms with Gasteiger partial charge in [-0.1, -0.05) is 36.7 Å². The van der Waals surface area contributed by atoms with E-state index in [4.69, 9.17) is 21.1 Å². The molecule has 0 aliphatic rings. The second kappa shape index (κ2) is 9.09. The molecule has 0 amide bonds. The van der Waals surface area contributed by atoms with Gasteiger partial charge in [0.05, 0.1) is 19.2 Å². The zero-order valence-corrected chi connectivity index (χ0v) is 17.7. The summed E-state index contributed by atoms with van der Waals surface area (Å²) >= 11 is 6.42. The fraction of sp³-hybridized carbons (Fsp3) is 0.318. The average molecular weight is 414 g/mol. The minimum atomic E-state index is -0.489. The number of methoxy groups -OCH3 is 1. The monoisotopic (exact) mass is 413 g/mol. The molecule has 7 heteroatoms. The largest absolute Gasteiger partial charge is 0.495 e. The number of carbonyl (C=O) groups is 1. The van der Waals surface area contributed by atoms with Crippen LogP contribution >= 0.6 is 11.6 Å². The molecule has 0 aliphatic heterocycles. The van der Waals surface area contributed by atoms with Crippen LogP contribution in [0.25, 0.3) is 22.0 Å². The SMILES string of the molecule is CCCOC(=O)c1c(OC)c(-c2ccccc2Cl)cc2cnc(NC(C)C)nc12. The number of hydrogen-bond acceptors (Lipinski definition) is 6. The molecule has 1 heterocycles. The van der Waals surface area contributed by atoms with E-state index in [1.54, 1.807) is 12.3 Å². The lowest BCUT2D eigenvalue weighted by Gasteiger charge is -2.17. The molecule has 0 fully saturated rings. The smallest absolute Gasteiger partial charge is 0.344 e. The number of aromatic nitrogens is 2. The number of rotatable bonds is 7. The quantitative estimate of drug-likeness (QED) is 0.526. The zero-order valence-electron chi connectivity index (χ0n) is 17.0. The van der Waals surface area contributed by atoms with Crippen LogP contribution in [0.1, 0.15) is 37.6 Å². The van der Waals surface area contributed by atoms with E-state index in [9.17, 15) is 4.79 Å². The molecule has 0 aliphatic carbocycles. The molecule has 0 radical (unpaired) electrons. The maximum Gasteiger partial charge on any atom is 0.344 e. The number of benzene rings is 2. The number of esters is 1. The van der Waals surface area contributed by atoms with Crippen molar-refractivity contribution in [3.8, 4) is 16.9 Å². The van der Waals surface area contributed by atoms with Gasteiger partial charge in [-0.3, -0.25) is 0 Å². The number of hydrogen-bond donors (Lipinski definition) is 1. The third-order valence-corrected chi connectivity index (χ3v) is 4.58. The normalized spacial score (nSPS) is 11.0. The highest BCUT2D eigenvalue weighted by Crippen LogP contribution is 2.41. The van der Waals surface area contributed by atoms with Crippen molar-refractivity contribution >= 4 is 34.4 Å². The summed E-state index contributed by atoms with van der Waals surface area (Å²) in [6.45, 7) is 6.23. The van der Waals surface area contributed by atoms with Crippen LogP contribution in [-0.2, 0) is 4.74 Å². The highest BCUT2D eigenvalue weighted by atomic mass is 35.5. The van der Waals surface area contributed by atoms with E-state index in [2.05, 4.69) is 15.3 Å². The van der Waals surface area contributed by atoms with Crippen molar-refractivity contribution in [2.24, 2.45) is 0 Å². The third kappa shape index (κ3) is 4.43. The lowest BCUT2D eigenvalue weighted by molar-refractivity contribution is 0.0504. The van der Waals surface area contributed by atoms with Gasteiger partial charge >= 0.3 is 5.97 Å². The minimum absolute atomic E-state index is 0.146. The van der Waals surface area contributed by atoms with Gasteiger partial charge in [0, 0.05) is 33.8 Å². The van der Waals surface area contributed by atoms with E-state index in [0.717, 1.165) is 5.56 Å². The van der Waals surface area contributed by atoms with Gasteiger partial charge in [-0.25, -0.2) is 14.8 Å². The van der Waals surface area contributed by atoms with Crippen LogP contribution in [0.5, 0.6) is 5.75 Å². The van der Waals surface area contributed by atoms with Crippen molar-refractivity contribution in [2.45, 2.75) is 33.2 Å². The van der Waals surface area contributed by atoms with E-state index in [1.807, 2.05) is 45.0 Å². The molecule has 3 aromatic rings. The summed E-state index contributed by atoms with van der Waals surface area (Å²) in [6.07, 6.45) is 2.40. The number of halogens is 1. The number of ether oxygens (including phenoxy) is 2. The Kier molecular flexibility index (Phi) is 6.54. The lowest BCUT2D eigenvalue weighted by Crippen LogP contribution is -2.14. The topological polar surface area (TPSA) is 73.3 Å². The standard InChI is InChI=1S/C22H24ClN3O3/c1-5-10-29-21(27)18-19-14(12-24-22(26-19)25-13(2)3)11-16(20(18)28-4)15-8-6-7-9-17(15)23/h6-9,11-13H,5,10H2,1-4H3,(H,24,25,26). The molecule has 3 rings (SSSR count). The van der Waals surface area contributed by atoms with Crippen LogP contribution in [0.4, 0.5) is 5.95 Å². The molecule has 1 aromatic heterocycles. The van der Waals surface area contributed by atoms with Crippen LogP contribution in [0.15, 0.2) is 36.5 Å². The number of fused-ring (bicyclic) bond motifs is 1. The summed E-state index contributed by atoms with van der Waals surface area (Å²) in [6, 6.07) is 9.43. The molecule has 0 saturated heterocycles. The van der Waals surface area contributed by atoms with Crippen LogP contribution < -0.4 is 10.1 Å². The molecule has 2 aromatic carbocycles. The summed E-state index contributed by atoms with van der Waals surface area (Å²) in [5, 5.41) is 4.41. The van der Waals surface area contributed by atoms with Crippen LogP contribution in [0.2, 0.25) is 5.02 Å². The summed E-state index contributed by atoms with van der Waals surface area (Å²) in [4.78, 5) is 21.9. The predicted molar refractivity (Wildman–Crippen MR) is 116 cm³/mol. The summed E-state index contributed by atoms with van der Waals surface area (Å²) < 4.78 is 11.1. The van der Waals surface area contributed by atoms with E-state index >= 15 is 0 Å². The third-order valence-electron chi connectivity index (χ3n) is 4.25. The first-order valence-electron chi connectivity index (χ1n) is 9.52. The van der Waals surface area contributed by atoms with E-state index in [1.165, 1.54) is 7.11 Å². The van der Waals surface area contributed by atoms with Crippen molar-refractivity contribution < 1.29 is 14.3 Å². The second-order valence-electron chi connectivity index (χ2n) is 6.88. The average Bonchev–Trinajstić information content (AvgIpc) is 2.70. The van der Waals surface area contributed by atoms with Crippen molar-refractivity contribution in [3.63, 3.8) is 0 Å². The van der Waals surface area contributed by atoms with Gasteiger partial charge in [0.15, 0.2) is 0 Å². The van der Waals surface area contributed by atoms with Gasteiger partial charge in [-0.05, 0) is 32.4 Å². The van der Waals surface area contributed by atoms with Crippen LogP contribution in [0.3, 0.4) is 0 Å². The van der Waals surface area contributed by atoms with Gasteiger partial charge in [-0.2, -0.15) is 0 Å². The molecule has 0 atom stereocenters. The minimum Gasteiger partial charge on any atom is -0.495 e. The summed E-state index contributed by atoms with van der Waals surface area (Å²) in [5.74, 6) is 0.322. The van der Waals surface area contributed by atoms with Crippen molar-refractivity contribution in [2.75, 3.05) is 19.0 Å². The zero-order chi connectivity index (χ0) is 21.0. The molecular formula is C22H24ClN3O3.